The molecule has 0 aromatic carbocycles. The molecule has 1 rings (SSSR count). The minimum absolute atomic E-state index is 0.178. The van der Waals surface area contributed by atoms with Crippen molar-refractivity contribution >= 4 is 14.0 Å². The number of hydrogen-bond acceptors (Lipinski definition) is 3. The van der Waals surface area contributed by atoms with E-state index < -0.39 is 14.4 Å². The van der Waals surface area contributed by atoms with Gasteiger partial charge < -0.3 is 9.47 Å². The minimum atomic E-state index is -1.35. The minimum Gasteiger partial charge on any atom is -0.435 e. The van der Waals surface area contributed by atoms with Crippen molar-refractivity contribution in [3.8, 4) is 0 Å². The Bertz CT molecular complexity index is 434. The molecule has 0 radical (unpaired) electrons. The Labute approximate surface area is 124 Å². The lowest BCUT2D eigenvalue weighted by Gasteiger charge is -2.38. The summed E-state index contributed by atoms with van der Waals surface area (Å²) in [5.41, 5.74) is 3.07. The third kappa shape index (κ3) is 4.34. The number of carbonyl (C=O) groups excluding carboxylic acids is 1. The molecule has 3 atom stereocenters. The first-order chi connectivity index (χ1) is 8.93. The van der Waals surface area contributed by atoms with Gasteiger partial charge in [0.2, 0.25) is 6.29 Å². The first-order valence-electron chi connectivity index (χ1n) is 7.23. The monoisotopic (exact) mass is 296 g/mol. The molecule has 1 aliphatic rings. The first kappa shape index (κ1) is 17.2. The number of cyclic esters (lactones) is 1. The molecule has 3 nitrogen and oxygen atoms in total. The second-order valence-electron chi connectivity index (χ2n) is 7.69. The summed E-state index contributed by atoms with van der Waals surface area (Å²) in [7, 11) is -1.35. The highest BCUT2D eigenvalue weighted by atomic mass is 28.3. The Morgan fingerprint density at radius 2 is 1.85 bits per heavy atom. The maximum Gasteiger partial charge on any atom is 0.318 e. The fourth-order valence-electron chi connectivity index (χ4n) is 1.70. The van der Waals surface area contributed by atoms with Gasteiger partial charge in [0, 0.05) is 5.41 Å². The van der Waals surface area contributed by atoms with Crippen LogP contribution in [-0.2, 0) is 14.3 Å². The highest BCUT2D eigenvalue weighted by molar-refractivity contribution is 6.82. The summed E-state index contributed by atoms with van der Waals surface area (Å²) in [5.74, 6) is -0.570. The zero-order valence-corrected chi connectivity index (χ0v) is 15.0. The fourth-order valence-corrected chi connectivity index (χ4v) is 2.22. The van der Waals surface area contributed by atoms with Gasteiger partial charge in [-0.3, -0.25) is 4.79 Å². The van der Waals surface area contributed by atoms with Gasteiger partial charge >= 0.3 is 5.97 Å². The summed E-state index contributed by atoms with van der Waals surface area (Å²) in [6.45, 7) is 16.8. The lowest BCUT2D eigenvalue weighted by atomic mass is 9.93. The van der Waals surface area contributed by atoms with Gasteiger partial charge in [0.25, 0.3) is 0 Å². The molecule has 0 aliphatic carbocycles. The van der Waals surface area contributed by atoms with Crippen LogP contribution >= 0.6 is 0 Å². The molecule has 0 amide bonds. The van der Waals surface area contributed by atoms with Gasteiger partial charge in [-0.15, -0.1) is 5.73 Å². The summed E-state index contributed by atoms with van der Waals surface area (Å²) >= 11 is 0. The zero-order valence-electron chi connectivity index (χ0n) is 14.0. The van der Waals surface area contributed by atoms with Crippen molar-refractivity contribution in [2.24, 2.45) is 11.3 Å². The maximum atomic E-state index is 12.2. The van der Waals surface area contributed by atoms with Crippen LogP contribution in [0, 0.1) is 11.3 Å². The van der Waals surface area contributed by atoms with Crippen LogP contribution in [-0.4, -0.2) is 26.4 Å². The lowest BCUT2D eigenvalue weighted by Crippen LogP contribution is -2.46. The third-order valence-corrected chi connectivity index (χ3v) is 6.05. The van der Waals surface area contributed by atoms with Crippen molar-refractivity contribution < 1.29 is 14.3 Å². The molecule has 4 heteroatoms. The fraction of sp³-hybridized carbons (Fsp3) is 0.750. The molecular formula is C16H28O3Si. The van der Waals surface area contributed by atoms with E-state index in [0.29, 0.717) is 0 Å². The van der Waals surface area contributed by atoms with E-state index in [1.807, 2.05) is 33.8 Å². The van der Waals surface area contributed by atoms with Crippen LogP contribution in [0.25, 0.3) is 0 Å². The predicted octanol–water partition coefficient (Wildman–Crippen LogP) is 3.92. The summed E-state index contributed by atoms with van der Waals surface area (Å²) in [4.78, 5) is 12.2. The van der Waals surface area contributed by atoms with Crippen LogP contribution in [0.4, 0.5) is 0 Å². The van der Waals surface area contributed by atoms with Crippen LogP contribution in [0.15, 0.2) is 17.0 Å². The Kier molecular flexibility index (Phi) is 5.07. The van der Waals surface area contributed by atoms with Crippen LogP contribution in [0.3, 0.4) is 0 Å². The Balaban J connectivity index is 2.91. The van der Waals surface area contributed by atoms with Gasteiger partial charge in [0.05, 0.1) is 14.2 Å². The molecular weight excluding hydrogens is 268 g/mol. The standard InChI is InChI=1S/C16H28O3Si/c1-11(20(6,7)8)9-10-13-12(2)18-15(16(3,4)5)19-14(13)17/h10,12-13,15H,1-8H3/t9?,12-,13+,15-/m1/s1. The van der Waals surface area contributed by atoms with Gasteiger partial charge in [-0.1, -0.05) is 40.4 Å². The average Bonchev–Trinajstić information content (AvgIpc) is 2.24. The molecule has 1 aliphatic heterocycles. The number of ether oxygens (including phenoxy) is 2. The van der Waals surface area contributed by atoms with Crippen molar-refractivity contribution in [1.82, 2.24) is 0 Å². The summed E-state index contributed by atoms with van der Waals surface area (Å²) in [5, 5.41) is 1.25. The number of rotatable bonds is 2. The van der Waals surface area contributed by atoms with Crippen LogP contribution in [0.1, 0.15) is 34.6 Å². The average molecular weight is 296 g/mol. The maximum absolute atomic E-state index is 12.2. The van der Waals surface area contributed by atoms with Gasteiger partial charge in [0.15, 0.2) is 0 Å². The van der Waals surface area contributed by atoms with E-state index in [4.69, 9.17) is 9.47 Å². The first-order valence-corrected chi connectivity index (χ1v) is 10.7. The molecule has 20 heavy (non-hydrogen) atoms. The highest BCUT2D eigenvalue weighted by Crippen LogP contribution is 2.31. The normalized spacial score (nSPS) is 27.6. The van der Waals surface area contributed by atoms with Crippen molar-refractivity contribution in [3.05, 3.63) is 17.0 Å². The molecule has 0 aromatic heterocycles. The van der Waals surface area contributed by atoms with Gasteiger partial charge in [-0.05, 0) is 25.1 Å². The van der Waals surface area contributed by atoms with E-state index in [-0.39, 0.29) is 23.4 Å². The van der Waals surface area contributed by atoms with E-state index in [1.165, 1.54) is 5.20 Å². The molecule has 0 N–H and O–H groups in total. The Hall–Kier alpha value is -0.833. The van der Waals surface area contributed by atoms with Crippen molar-refractivity contribution in [2.45, 2.75) is 66.7 Å². The van der Waals surface area contributed by atoms with Gasteiger partial charge in [-0.25, -0.2) is 0 Å². The van der Waals surface area contributed by atoms with Crippen molar-refractivity contribution in [1.29, 1.82) is 0 Å². The molecule has 0 aromatic rings. The highest BCUT2D eigenvalue weighted by Gasteiger charge is 2.40. The summed E-state index contributed by atoms with van der Waals surface area (Å²) in [6, 6.07) is 0. The molecule has 1 fully saturated rings. The Morgan fingerprint density at radius 1 is 1.30 bits per heavy atom. The molecule has 1 saturated heterocycles. The van der Waals surface area contributed by atoms with Crippen molar-refractivity contribution in [3.63, 3.8) is 0 Å². The van der Waals surface area contributed by atoms with Crippen LogP contribution < -0.4 is 0 Å². The molecule has 0 unspecified atom stereocenters. The molecule has 0 spiro atoms. The van der Waals surface area contributed by atoms with Crippen molar-refractivity contribution in [2.75, 3.05) is 0 Å². The second kappa shape index (κ2) is 5.88. The number of carbonyl (C=O) groups is 1. The summed E-state index contributed by atoms with van der Waals surface area (Å²) < 4.78 is 11.3. The zero-order chi connectivity index (χ0) is 15.7. The van der Waals surface area contributed by atoms with Crippen LogP contribution in [0.2, 0.25) is 19.6 Å². The molecule has 1 heterocycles. The van der Waals surface area contributed by atoms with Gasteiger partial charge in [0.1, 0.15) is 5.92 Å². The predicted molar refractivity (Wildman–Crippen MR) is 84.0 cm³/mol. The van der Waals surface area contributed by atoms with E-state index in [1.54, 1.807) is 0 Å². The van der Waals surface area contributed by atoms with E-state index >= 15 is 0 Å². The van der Waals surface area contributed by atoms with Crippen LogP contribution in [0.5, 0.6) is 0 Å². The van der Waals surface area contributed by atoms with Gasteiger partial charge in [-0.2, -0.15) is 0 Å². The molecule has 0 saturated carbocycles. The SMILES string of the molecule is CC(=C=C[C@@H]1C(=O)O[C@H](C(C)(C)C)O[C@@H]1C)[Si](C)(C)C. The smallest absolute Gasteiger partial charge is 0.318 e. The second-order valence-corrected chi connectivity index (χ2v) is 12.9. The topological polar surface area (TPSA) is 35.5 Å². The largest absolute Gasteiger partial charge is 0.435 e. The number of hydrogen-bond donors (Lipinski definition) is 0. The quantitative estimate of drug-likeness (QED) is 0.440. The molecule has 0 bridgehead atoms. The molecule has 114 valence electrons. The van der Waals surface area contributed by atoms with E-state index in [2.05, 4.69) is 32.3 Å². The summed E-state index contributed by atoms with van der Waals surface area (Å²) in [6.07, 6.45) is 1.17. The third-order valence-electron chi connectivity index (χ3n) is 3.65. The number of esters is 1. The lowest BCUT2D eigenvalue weighted by molar-refractivity contribution is -0.249. The Morgan fingerprint density at radius 3 is 2.25 bits per heavy atom. The van der Waals surface area contributed by atoms with E-state index in [9.17, 15) is 4.79 Å². The van der Waals surface area contributed by atoms with E-state index in [0.717, 1.165) is 0 Å².